The Hall–Kier alpha value is -3.13. The molecule has 0 radical (unpaired) electrons. The summed E-state index contributed by atoms with van der Waals surface area (Å²) >= 11 is 1.09. The highest BCUT2D eigenvalue weighted by molar-refractivity contribution is 8.00. The lowest BCUT2D eigenvalue weighted by Gasteiger charge is -2.09. The minimum absolute atomic E-state index is 0.0570. The van der Waals surface area contributed by atoms with Crippen LogP contribution in [0.4, 0.5) is 11.4 Å². The summed E-state index contributed by atoms with van der Waals surface area (Å²) in [5.41, 5.74) is 2.47. The highest BCUT2D eigenvalue weighted by atomic mass is 32.2. The van der Waals surface area contributed by atoms with Crippen LogP contribution >= 0.6 is 11.8 Å². The molecule has 0 saturated heterocycles. The summed E-state index contributed by atoms with van der Waals surface area (Å²) in [7, 11) is 0. The van der Waals surface area contributed by atoms with Crippen molar-refractivity contribution in [1.29, 1.82) is 0 Å². The van der Waals surface area contributed by atoms with Gasteiger partial charge in [0.15, 0.2) is 12.4 Å². The lowest BCUT2D eigenvalue weighted by atomic mass is 10.1. The summed E-state index contributed by atoms with van der Waals surface area (Å²) in [5.74, 6) is -1.53. The van der Waals surface area contributed by atoms with E-state index in [1.807, 2.05) is 25.1 Å². The SMILES string of the molecule is CC(=O)c1ccccc1NC(=O)COC(=O)CSCC(=O)Nc1cccc(C)c1. The second kappa shape index (κ2) is 11.0. The van der Waals surface area contributed by atoms with Gasteiger partial charge in [-0.3, -0.25) is 19.2 Å². The van der Waals surface area contributed by atoms with Crippen LogP contribution in [0.2, 0.25) is 0 Å². The maximum Gasteiger partial charge on any atom is 0.316 e. The minimum Gasteiger partial charge on any atom is -0.455 e. The second-order valence-corrected chi connectivity index (χ2v) is 7.21. The number of hydrogen-bond donors (Lipinski definition) is 2. The number of aryl methyl sites for hydroxylation is 1. The highest BCUT2D eigenvalue weighted by Crippen LogP contribution is 2.15. The maximum absolute atomic E-state index is 11.9. The monoisotopic (exact) mass is 414 g/mol. The number of benzene rings is 2. The quantitative estimate of drug-likeness (QED) is 0.483. The van der Waals surface area contributed by atoms with E-state index >= 15 is 0 Å². The maximum atomic E-state index is 11.9. The normalized spacial score (nSPS) is 10.1. The van der Waals surface area contributed by atoms with E-state index in [1.54, 1.807) is 30.3 Å². The summed E-state index contributed by atoms with van der Waals surface area (Å²) in [6, 6.07) is 14.0. The molecule has 0 unspecified atom stereocenters. The van der Waals surface area contributed by atoms with Gasteiger partial charge in [-0.1, -0.05) is 24.3 Å². The number of ether oxygens (including phenoxy) is 1. The molecule has 0 fully saturated rings. The van der Waals surface area contributed by atoms with E-state index in [1.165, 1.54) is 6.92 Å². The minimum atomic E-state index is -0.603. The van der Waals surface area contributed by atoms with E-state index in [-0.39, 0.29) is 23.2 Å². The molecule has 152 valence electrons. The highest BCUT2D eigenvalue weighted by Gasteiger charge is 2.12. The van der Waals surface area contributed by atoms with Gasteiger partial charge < -0.3 is 15.4 Å². The molecule has 2 amide bonds. The number of anilines is 2. The Morgan fingerprint density at radius 1 is 0.931 bits per heavy atom. The average molecular weight is 414 g/mol. The van der Waals surface area contributed by atoms with Crippen LogP contribution in [0.15, 0.2) is 48.5 Å². The van der Waals surface area contributed by atoms with E-state index in [2.05, 4.69) is 10.6 Å². The largest absolute Gasteiger partial charge is 0.455 e. The Morgan fingerprint density at radius 3 is 2.41 bits per heavy atom. The average Bonchev–Trinajstić information content (AvgIpc) is 2.66. The van der Waals surface area contributed by atoms with Crippen LogP contribution < -0.4 is 10.6 Å². The number of thioether (sulfide) groups is 1. The molecule has 0 aromatic heterocycles. The zero-order valence-corrected chi connectivity index (χ0v) is 17.0. The fourth-order valence-corrected chi connectivity index (χ4v) is 3.03. The van der Waals surface area contributed by atoms with E-state index in [0.717, 1.165) is 17.3 Å². The molecule has 0 spiro atoms. The van der Waals surface area contributed by atoms with Gasteiger partial charge in [-0.2, -0.15) is 0 Å². The van der Waals surface area contributed by atoms with Crippen molar-refractivity contribution in [3.8, 4) is 0 Å². The van der Waals surface area contributed by atoms with Crippen LogP contribution in [-0.4, -0.2) is 41.7 Å². The van der Waals surface area contributed by atoms with Crippen LogP contribution in [0, 0.1) is 6.92 Å². The van der Waals surface area contributed by atoms with Gasteiger partial charge in [0.05, 0.1) is 17.2 Å². The molecular weight excluding hydrogens is 392 g/mol. The van der Waals surface area contributed by atoms with E-state index < -0.39 is 18.5 Å². The van der Waals surface area contributed by atoms with Crippen molar-refractivity contribution < 1.29 is 23.9 Å². The van der Waals surface area contributed by atoms with Crippen molar-refractivity contribution in [2.24, 2.45) is 0 Å². The first kappa shape index (κ1) is 22.2. The van der Waals surface area contributed by atoms with E-state index in [9.17, 15) is 19.2 Å². The van der Waals surface area contributed by atoms with Crippen molar-refractivity contribution in [2.45, 2.75) is 13.8 Å². The predicted octanol–water partition coefficient (Wildman–Crippen LogP) is 3.05. The number of Topliss-reactive ketones (excluding diaryl/α,β-unsaturated/α-hetero) is 1. The number of amides is 2. The van der Waals surface area contributed by atoms with Crippen LogP contribution in [0.1, 0.15) is 22.8 Å². The third kappa shape index (κ3) is 7.79. The summed E-state index contributed by atoms with van der Waals surface area (Å²) in [4.78, 5) is 47.1. The molecule has 2 aromatic carbocycles. The van der Waals surface area contributed by atoms with E-state index in [4.69, 9.17) is 4.74 Å². The number of rotatable bonds is 9. The van der Waals surface area contributed by atoms with Gasteiger partial charge in [0.25, 0.3) is 5.91 Å². The molecule has 2 aromatic rings. The fraction of sp³-hybridized carbons (Fsp3) is 0.238. The van der Waals surface area contributed by atoms with Crippen LogP contribution in [0.5, 0.6) is 0 Å². The summed E-state index contributed by atoms with van der Waals surface area (Å²) in [5, 5.41) is 5.29. The van der Waals surface area contributed by atoms with Gasteiger partial charge in [-0.25, -0.2) is 0 Å². The zero-order valence-electron chi connectivity index (χ0n) is 16.2. The lowest BCUT2D eigenvalue weighted by molar-refractivity contribution is -0.144. The number of carbonyl (C=O) groups excluding carboxylic acids is 4. The number of para-hydroxylation sites is 1. The summed E-state index contributed by atoms with van der Waals surface area (Å²) in [6.07, 6.45) is 0. The topological polar surface area (TPSA) is 102 Å². The molecule has 8 heteroatoms. The Kier molecular flexibility index (Phi) is 8.42. The molecule has 2 rings (SSSR count). The summed E-state index contributed by atoms with van der Waals surface area (Å²) < 4.78 is 4.90. The fourth-order valence-electron chi connectivity index (χ4n) is 2.42. The van der Waals surface area contributed by atoms with Gasteiger partial charge in [0, 0.05) is 11.3 Å². The Bertz CT molecular complexity index is 913. The van der Waals surface area contributed by atoms with Crippen molar-refractivity contribution in [3.63, 3.8) is 0 Å². The molecule has 0 aliphatic rings. The van der Waals surface area contributed by atoms with Gasteiger partial charge >= 0.3 is 5.97 Å². The molecule has 0 aliphatic carbocycles. The van der Waals surface area contributed by atoms with Crippen molar-refractivity contribution in [1.82, 2.24) is 0 Å². The van der Waals surface area contributed by atoms with Gasteiger partial charge in [-0.05, 0) is 43.7 Å². The molecular formula is C21H22N2O5S. The molecule has 7 nitrogen and oxygen atoms in total. The second-order valence-electron chi connectivity index (χ2n) is 6.22. The summed E-state index contributed by atoms with van der Waals surface area (Å²) in [6.45, 7) is 2.85. The van der Waals surface area contributed by atoms with Crippen molar-refractivity contribution >= 4 is 46.7 Å². The first-order valence-corrected chi connectivity index (χ1v) is 10.0. The molecule has 0 heterocycles. The van der Waals surface area contributed by atoms with Crippen molar-refractivity contribution in [3.05, 3.63) is 59.7 Å². The molecule has 2 N–H and O–H groups in total. The van der Waals surface area contributed by atoms with Gasteiger partial charge in [0.1, 0.15) is 0 Å². The van der Waals surface area contributed by atoms with Crippen molar-refractivity contribution in [2.75, 3.05) is 28.7 Å². The molecule has 0 saturated carbocycles. The molecule has 0 bridgehead atoms. The van der Waals surface area contributed by atoms with E-state index in [0.29, 0.717) is 16.9 Å². The number of nitrogens with one attached hydrogen (secondary N) is 2. The van der Waals surface area contributed by atoms with Crippen LogP contribution in [-0.2, 0) is 19.1 Å². The Labute approximate surface area is 173 Å². The molecule has 0 atom stereocenters. The van der Waals surface area contributed by atoms with Crippen LogP contribution in [0.25, 0.3) is 0 Å². The lowest BCUT2D eigenvalue weighted by Crippen LogP contribution is -2.23. The number of hydrogen-bond acceptors (Lipinski definition) is 6. The molecule has 29 heavy (non-hydrogen) atoms. The Morgan fingerprint density at radius 2 is 1.69 bits per heavy atom. The standard InChI is InChI=1S/C21H22N2O5S/c1-14-6-5-7-16(10-14)22-20(26)12-29-13-21(27)28-11-19(25)23-18-9-4-3-8-17(18)15(2)24/h3-10H,11-13H2,1-2H3,(H,22,26)(H,23,25). The van der Waals surface area contributed by atoms with Gasteiger partial charge in [0.2, 0.25) is 5.91 Å². The smallest absolute Gasteiger partial charge is 0.316 e. The Balaban J connectivity index is 1.68. The third-order valence-corrected chi connectivity index (χ3v) is 4.61. The van der Waals surface area contributed by atoms with Gasteiger partial charge in [-0.15, -0.1) is 11.8 Å². The number of ketones is 1. The molecule has 0 aliphatic heterocycles. The predicted molar refractivity (Wildman–Crippen MR) is 113 cm³/mol. The number of esters is 1. The first-order valence-electron chi connectivity index (χ1n) is 8.85. The third-order valence-electron chi connectivity index (χ3n) is 3.70. The zero-order chi connectivity index (χ0) is 21.2. The first-order chi connectivity index (χ1) is 13.8. The number of carbonyl (C=O) groups is 4. The van der Waals surface area contributed by atoms with Crippen LogP contribution in [0.3, 0.4) is 0 Å².